The number of hydrogen-bond acceptors (Lipinski definition) is 4. The van der Waals surface area contributed by atoms with Crippen molar-refractivity contribution in [2.24, 2.45) is 0 Å². The molecule has 2 aromatic rings. The Morgan fingerprint density at radius 2 is 2.05 bits per heavy atom. The summed E-state index contributed by atoms with van der Waals surface area (Å²) < 4.78 is 13.4. The van der Waals surface area contributed by atoms with Crippen molar-refractivity contribution >= 4 is 0 Å². The van der Waals surface area contributed by atoms with E-state index in [2.05, 4.69) is 14.9 Å². The summed E-state index contributed by atoms with van der Waals surface area (Å²) in [5.41, 5.74) is 0.887. The average molecular weight is 273 g/mol. The minimum atomic E-state index is -0.396. The zero-order valence-electron chi connectivity index (χ0n) is 11.0. The predicted octanol–water partition coefficient (Wildman–Crippen LogP) is 1.92. The van der Waals surface area contributed by atoms with Crippen LogP contribution in [0, 0.1) is 5.82 Å². The molecule has 0 amide bonds. The molecule has 1 N–H and O–H groups in total. The van der Waals surface area contributed by atoms with Gasteiger partial charge in [-0.1, -0.05) is 12.1 Å². The van der Waals surface area contributed by atoms with E-state index < -0.39 is 6.10 Å². The average Bonchev–Trinajstić information content (AvgIpc) is 2.81. The van der Waals surface area contributed by atoms with Gasteiger partial charge in [0.25, 0.3) is 0 Å². The largest absolute Gasteiger partial charge is 0.392 e. The molecule has 0 unspecified atom stereocenters. The van der Waals surface area contributed by atoms with E-state index in [1.807, 2.05) is 6.07 Å². The Balaban J connectivity index is 1.82. The lowest BCUT2D eigenvalue weighted by Crippen LogP contribution is -2.25. The second-order valence-corrected chi connectivity index (χ2v) is 5.05. The highest BCUT2D eigenvalue weighted by molar-refractivity contribution is 5.22. The van der Waals surface area contributed by atoms with Gasteiger partial charge in [0.05, 0.1) is 12.6 Å². The van der Waals surface area contributed by atoms with Crippen LogP contribution in [0.2, 0.25) is 0 Å². The maximum absolute atomic E-state index is 13.4. The van der Waals surface area contributed by atoms with Crippen LogP contribution in [0.25, 0.3) is 0 Å². The normalized spacial score (nSPS) is 23.1. The van der Waals surface area contributed by atoms with E-state index in [9.17, 15) is 9.50 Å². The van der Waals surface area contributed by atoms with Crippen LogP contribution in [0.5, 0.6) is 0 Å². The molecule has 104 valence electrons. The van der Waals surface area contributed by atoms with Crippen LogP contribution in [-0.4, -0.2) is 32.6 Å². The van der Waals surface area contributed by atoms with Crippen LogP contribution in [0.4, 0.5) is 4.39 Å². The molecule has 1 aromatic carbocycles. The number of rotatable bonds is 3. The van der Waals surface area contributed by atoms with Gasteiger partial charge in [-0.15, -0.1) is 0 Å². The van der Waals surface area contributed by atoms with Gasteiger partial charge in [-0.05, 0) is 30.2 Å². The Morgan fingerprint density at radius 1 is 1.25 bits per heavy atom. The van der Waals surface area contributed by atoms with Crippen molar-refractivity contribution in [1.29, 1.82) is 0 Å². The van der Waals surface area contributed by atoms with Crippen LogP contribution in [0.3, 0.4) is 0 Å². The summed E-state index contributed by atoms with van der Waals surface area (Å²) in [5.74, 6) is 0.461. The number of β-amino-alcohol motifs (C(OH)–C–C–N with tert-alkyl or cyclic N) is 1. The molecule has 4 nitrogen and oxygen atoms in total. The van der Waals surface area contributed by atoms with Crippen molar-refractivity contribution in [1.82, 2.24) is 14.9 Å². The fourth-order valence-electron chi connectivity index (χ4n) is 2.71. The third kappa shape index (κ3) is 2.84. The van der Waals surface area contributed by atoms with Gasteiger partial charge in [0, 0.05) is 25.0 Å². The SMILES string of the molecule is O[C@H]1C[C@@H](c2cccc(F)c2)N(Cc2ncccn2)C1. The van der Waals surface area contributed by atoms with Crippen molar-refractivity contribution in [2.45, 2.75) is 25.1 Å². The summed E-state index contributed by atoms with van der Waals surface area (Å²) in [6.07, 6.45) is 3.61. The molecule has 0 saturated carbocycles. The van der Waals surface area contributed by atoms with Gasteiger partial charge in [-0.3, -0.25) is 4.90 Å². The lowest BCUT2D eigenvalue weighted by molar-refractivity contribution is 0.171. The molecule has 20 heavy (non-hydrogen) atoms. The quantitative estimate of drug-likeness (QED) is 0.928. The van der Waals surface area contributed by atoms with Crippen molar-refractivity contribution in [3.8, 4) is 0 Å². The first-order valence-corrected chi connectivity index (χ1v) is 6.66. The lowest BCUT2D eigenvalue weighted by Gasteiger charge is -2.23. The van der Waals surface area contributed by atoms with E-state index >= 15 is 0 Å². The molecule has 3 rings (SSSR count). The third-order valence-corrected chi connectivity index (χ3v) is 3.58. The first kappa shape index (κ1) is 13.1. The van der Waals surface area contributed by atoms with Crippen LogP contribution >= 0.6 is 0 Å². The molecule has 1 aliphatic rings. The van der Waals surface area contributed by atoms with Crippen LogP contribution in [0.15, 0.2) is 42.7 Å². The Bertz CT molecular complexity index is 578. The molecular weight excluding hydrogens is 257 g/mol. The van der Waals surface area contributed by atoms with Gasteiger partial charge in [0.15, 0.2) is 0 Å². The first-order chi connectivity index (χ1) is 9.72. The number of benzene rings is 1. The van der Waals surface area contributed by atoms with E-state index in [0.29, 0.717) is 25.3 Å². The molecule has 0 bridgehead atoms. The number of aromatic nitrogens is 2. The van der Waals surface area contributed by atoms with Crippen molar-refractivity contribution in [3.63, 3.8) is 0 Å². The van der Waals surface area contributed by atoms with E-state index in [0.717, 1.165) is 5.56 Å². The summed E-state index contributed by atoms with van der Waals surface area (Å²) in [6, 6.07) is 8.33. The molecule has 1 saturated heterocycles. The monoisotopic (exact) mass is 273 g/mol. The maximum Gasteiger partial charge on any atom is 0.142 e. The molecule has 2 heterocycles. The number of likely N-dealkylation sites (tertiary alicyclic amines) is 1. The zero-order chi connectivity index (χ0) is 13.9. The molecule has 1 aromatic heterocycles. The fraction of sp³-hybridized carbons (Fsp3) is 0.333. The van der Waals surface area contributed by atoms with Gasteiger partial charge in [-0.2, -0.15) is 0 Å². The van der Waals surface area contributed by atoms with Crippen LogP contribution < -0.4 is 0 Å². The minimum Gasteiger partial charge on any atom is -0.392 e. The van der Waals surface area contributed by atoms with Crippen molar-refractivity contribution in [3.05, 3.63) is 59.9 Å². The number of nitrogens with zero attached hydrogens (tertiary/aromatic N) is 3. The Morgan fingerprint density at radius 3 is 2.80 bits per heavy atom. The Labute approximate surface area is 116 Å². The summed E-state index contributed by atoms with van der Waals surface area (Å²) in [5, 5.41) is 9.90. The Hall–Kier alpha value is -1.85. The van der Waals surface area contributed by atoms with Gasteiger partial charge in [0.2, 0.25) is 0 Å². The van der Waals surface area contributed by atoms with Gasteiger partial charge in [0.1, 0.15) is 11.6 Å². The number of aliphatic hydroxyl groups is 1. The number of hydrogen-bond donors (Lipinski definition) is 1. The second-order valence-electron chi connectivity index (χ2n) is 5.05. The minimum absolute atomic E-state index is 0.00417. The summed E-state index contributed by atoms with van der Waals surface area (Å²) in [4.78, 5) is 10.5. The maximum atomic E-state index is 13.4. The predicted molar refractivity (Wildman–Crippen MR) is 72.2 cm³/mol. The summed E-state index contributed by atoms with van der Waals surface area (Å²) in [6.45, 7) is 1.11. The first-order valence-electron chi connectivity index (χ1n) is 6.66. The molecule has 1 aliphatic heterocycles. The summed E-state index contributed by atoms with van der Waals surface area (Å²) >= 11 is 0. The summed E-state index contributed by atoms with van der Waals surface area (Å²) in [7, 11) is 0. The van der Waals surface area contributed by atoms with E-state index in [1.54, 1.807) is 24.5 Å². The fourth-order valence-corrected chi connectivity index (χ4v) is 2.71. The highest BCUT2D eigenvalue weighted by Crippen LogP contribution is 2.33. The van der Waals surface area contributed by atoms with E-state index in [-0.39, 0.29) is 11.9 Å². The van der Waals surface area contributed by atoms with Gasteiger partial charge < -0.3 is 5.11 Å². The second kappa shape index (κ2) is 5.64. The molecular formula is C15H16FN3O. The van der Waals surface area contributed by atoms with Gasteiger partial charge in [-0.25, -0.2) is 14.4 Å². The topological polar surface area (TPSA) is 49.2 Å². The van der Waals surface area contributed by atoms with E-state index in [4.69, 9.17) is 0 Å². The highest BCUT2D eigenvalue weighted by atomic mass is 19.1. The number of halogens is 1. The molecule has 0 spiro atoms. The Kier molecular flexibility index (Phi) is 3.71. The molecule has 5 heteroatoms. The molecule has 0 aliphatic carbocycles. The number of aliphatic hydroxyl groups excluding tert-OH is 1. The molecule has 2 atom stereocenters. The smallest absolute Gasteiger partial charge is 0.142 e. The van der Waals surface area contributed by atoms with E-state index in [1.165, 1.54) is 12.1 Å². The molecule has 1 fully saturated rings. The zero-order valence-corrected chi connectivity index (χ0v) is 11.0. The van der Waals surface area contributed by atoms with Gasteiger partial charge >= 0.3 is 0 Å². The lowest BCUT2D eigenvalue weighted by atomic mass is 10.0. The highest BCUT2D eigenvalue weighted by Gasteiger charge is 2.32. The third-order valence-electron chi connectivity index (χ3n) is 3.58. The van der Waals surface area contributed by atoms with Crippen molar-refractivity contribution < 1.29 is 9.50 Å². The molecule has 0 radical (unpaired) electrons. The van der Waals surface area contributed by atoms with Crippen LogP contribution in [0.1, 0.15) is 23.9 Å². The van der Waals surface area contributed by atoms with Crippen LogP contribution in [-0.2, 0) is 6.54 Å². The van der Waals surface area contributed by atoms with Crippen molar-refractivity contribution in [2.75, 3.05) is 6.54 Å². The standard InChI is InChI=1S/C15H16FN3O/c16-12-4-1-3-11(7-12)14-8-13(20)9-19(14)10-15-17-5-2-6-18-15/h1-7,13-14,20H,8-10H2/t13-,14-/m0/s1.